The molecule has 0 heterocycles. The molecular formula is C26H23ClN4O4. The SMILES string of the molecule is [O-][NH+](O)c1cc([NH+]([O-])O)c(C(C(=NNc2ccccc2)c2ccccc2)c2ccccc2)cc1Cl. The zero-order chi connectivity index (χ0) is 24.8. The molecule has 0 fully saturated rings. The molecule has 4 aromatic rings. The maximum atomic E-state index is 12.3. The van der Waals surface area contributed by atoms with E-state index in [0.29, 0.717) is 11.3 Å². The highest BCUT2D eigenvalue weighted by atomic mass is 35.5. The van der Waals surface area contributed by atoms with Crippen molar-refractivity contribution in [2.24, 2.45) is 5.10 Å². The lowest BCUT2D eigenvalue weighted by Crippen LogP contribution is -3.01. The molecule has 0 bridgehead atoms. The average molecular weight is 491 g/mol. The zero-order valence-electron chi connectivity index (χ0n) is 18.4. The van der Waals surface area contributed by atoms with E-state index in [1.807, 2.05) is 91.0 Å². The molecule has 0 aliphatic heterocycles. The van der Waals surface area contributed by atoms with Crippen LogP contribution in [-0.4, -0.2) is 16.1 Å². The van der Waals surface area contributed by atoms with E-state index in [1.54, 1.807) is 0 Å². The van der Waals surface area contributed by atoms with Gasteiger partial charge >= 0.3 is 0 Å². The summed E-state index contributed by atoms with van der Waals surface area (Å²) >= 11 is 6.33. The Bertz CT molecular complexity index is 1290. The maximum absolute atomic E-state index is 12.3. The monoisotopic (exact) mass is 490 g/mol. The van der Waals surface area contributed by atoms with E-state index in [0.717, 1.165) is 22.9 Å². The standard InChI is InChI=1S/C26H23ClN4O4/c27-22-16-21(23(30(32)33)17-24(22)31(34)35)25(18-10-4-1-5-11-18)26(19-12-6-2-7-13-19)29-28-20-14-8-3-9-15-20/h1-17,25,28,30-32,34H. The number of para-hydroxylation sites is 1. The highest BCUT2D eigenvalue weighted by molar-refractivity contribution is 6.32. The molecule has 8 nitrogen and oxygen atoms in total. The van der Waals surface area contributed by atoms with Gasteiger partial charge < -0.3 is 10.4 Å². The molecule has 0 radical (unpaired) electrons. The van der Waals surface area contributed by atoms with Gasteiger partial charge in [-0.2, -0.15) is 15.6 Å². The maximum Gasteiger partial charge on any atom is 0.188 e. The molecule has 0 aromatic heterocycles. The Kier molecular flexibility index (Phi) is 7.86. The molecule has 4 rings (SSSR count). The van der Waals surface area contributed by atoms with Crippen molar-refractivity contribution in [2.45, 2.75) is 5.92 Å². The van der Waals surface area contributed by atoms with E-state index in [9.17, 15) is 20.8 Å². The van der Waals surface area contributed by atoms with Gasteiger partial charge in [0, 0.05) is 5.56 Å². The Morgan fingerprint density at radius 3 is 1.89 bits per heavy atom. The third-order valence-electron chi connectivity index (χ3n) is 5.47. The molecule has 5 N–H and O–H groups in total. The van der Waals surface area contributed by atoms with Gasteiger partial charge in [0.1, 0.15) is 5.02 Å². The van der Waals surface area contributed by atoms with Gasteiger partial charge in [0.15, 0.2) is 11.4 Å². The van der Waals surface area contributed by atoms with Crippen LogP contribution in [0.2, 0.25) is 5.02 Å². The van der Waals surface area contributed by atoms with Crippen molar-refractivity contribution in [3.05, 3.63) is 135 Å². The topological polar surface area (TPSA) is 120 Å². The summed E-state index contributed by atoms with van der Waals surface area (Å²) in [6.07, 6.45) is 0. The predicted molar refractivity (Wildman–Crippen MR) is 134 cm³/mol. The third-order valence-corrected chi connectivity index (χ3v) is 5.78. The second-order valence-electron chi connectivity index (χ2n) is 7.71. The van der Waals surface area contributed by atoms with Gasteiger partial charge in [0.05, 0.1) is 23.4 Å². The van der Waals surface area contributed by atoms with Gasteiger partial charge in [-0.25, -0.2) is 10.4 Å². The van der Waals surface area contributed by atoms with Crippen LogP contribution in [0, 0.1) is 10.4 Å². The second kappa shape index (κ2) is 11.2. The largest absolute Gasteiger partial charge is 0.595 e. The van der Waals surface area contributed by atoms with Crippen molar-refractivity contribution in [1.29, 1.82) is 0 Å². The lowest BCUT2D eigenvalue weighted by Gasteiger charge is -2.26. The third kappa shape index (κ3) is 5.73. The Labute approximate surface area is 207 Å². The van der Waals surface area contributed by atoms with Crippen LogP contribution in [0.3, 0.4) is 0 Å². The highest BCUT2D eigenvalue weighted by Crippen LogP contribution is 2.36. The van der Waals surface area contributed by atoms with Crippen LogP contribution in [0.4, 0.5) is 17.1 Å². The predicted octanol–water partition coefficient (Wildman–Crippen LogP) is 3.80. The molecule has 0 saturated heterocycles. The number of halogens is 1. The fourth-order valence-corrected chi connectivity index (χ4v) is 4.10. The lowest BCUT2D eigenvalue weighted by atomic mass is 9.83. The van der Waals surface area contributed by atoms with E-state index in [-0.39, 0.29) is 16.4 Å². The number of nitrogens with one attached hydrogen (secondary N) is 3. The first-order valence-electron chi connectivity index (χ1n) is 10.7. The average Bonchev–Trinajstić information content (AvgIpc) is 2.87. The molecule has 178 valence electrons. The number of anilines is 1. The minimum Gasteiger partial charge on any atom is -0.595 e. The number of hydrazone groups is 1. The lowest BCUT2D eigenvalue weighted by molar-refractivity contribution is -0.996. The molecule has 35 heavy (non-hydrogen) atoms. The smallest absolute Gasteiger partial charge is 0.188 e. The van der Waals surface area contributed by atoms with Crippen LogP contribution in [0.1, 0.15) is 22.6 Å². The first-order valence-corrected chi connectivity index (χ1v) is 11.1. The van der Waals surface area contributed by atoms with Gasteiger partial charge in [-0.05, 0) is 29.3 Å². The van der Waals surface area contributed by atoms with E-state index in [1.165, 1.54) is 6.07 Å². The van der Waals surface area contributed by atoms with Crippen molar-refractivity contribution < 1.29 is 20.9 Å². The number of hydrogen-bond donors (Lipinski definition) is 5. The number of nitrogens with zero attached hydrogens (tertiary/aromatic N) is 1. The van der Waals surface area contributed by atoms with Crippen LogP contribution in [-0.2, 0) is 0 Å². The summed E-state index contributed by atoms with van der Waals surface area (Å²) in [5, 5.41) is 45.6. The van der Waals surface area contributed by atoms with Gasteiger partial charge in [-0.3, -0.25) is 5.43 Å². The summed E-state index contributed by atoms with van der Waals surface area (Å²) in [5.74, 6) is -0.666. The molecule has 0 aliphatic carbocycles. The van der Waals surface area contributed by atoms with Crippen molar-refractivity contribution >= 4 is 34.4 Å². The number of quaternary nitrogens is 2. The first kappa shape index (κ1) is 24.5. The van der Waals surface area contributed by atoms with Crippen molar-refractivity contribution in [1.82, 2.24) is 0 Å². The molecule has 0 amide bonds. The number of hydrogen-bond acceptors (Lipinski definition) is 6. The molecule has 4 aromatic carbocycles. The highest BCUT2D eigenvalue weighted by Gasteiger charge is 2.30. The number of rotatable bonds is 8. The molecule has 0 saturated carbocycles. The summed E-state index contributed by atoms with van der Waals surface area (Å²) < 4.78 is 0. The van der Waals surface area contributed by atoms with E-state index in [2.05, 4.69) is 5.43 Å². The van der Waals surface area contributed by atoms with E-state index >= 15 is 0 Å². The molecule has 9 heteroatoms. The van der Waals surface area contributed by atoms with Crippen LogP contribution in [0.5, 0.6) is 0 Å². The Morgan fingerprint density at radius 2 is 1.31 bits per heavy atom. The van der Waals surface area contributed by atoms with Gasteiger partial charge in [0.2, 0.25) is 0 Å². The van der Waals surface area contributed by atoms with E-state index in [4.69, 9.17) is 16.7 Å². The van der Waals surface area contributed by atoms with Crippen molar-refractivity contribution in [3.8, 4) is 0 Å². The van der Waals surface area contributed by atoms with Crippen LogP contribution in [0.25, 0.3) is 0 Å². The summed E-state index contributed by atoms with van der Waals surface area (Å²) in [4.78, 5) is 0. The Balaban J connectivity index is 1.97. The van der Waals surface area contributed by atoms with Gasteiger partial charge in [-0.1, -0.05) is 90.5 Å². The molecule has 0 spiro atoms. The quantitative estimate of drug-likeness (QED) is 0.190. The second-order valence-corrected chi connectivity index (χ2v) is 8.12. The number of benzene rings is 4. The molecule has 3 unspecified atom stereocenters. The van der Waals surface area contributed by atoms with Crippen LogP contribution < -0.4 is 15.9 Å². The van der Waals surface area contributed by atoms with Gasteiger partial charge in [0.25, 0.3) is 0 Å². The zero-order valence-corrected chi connectivity index (χ0v) is 19.2. The summed E-state index contributed by atoms with van der Waals surface area (Å²) in [5.41, 5.74) is 5.79. The van der Waals surface area contributed by atoms with E-state index < -0.39 is 16.4 Å². The van der Waals surface area contributed by atoms with Gasteiger partial charge in [-0.15, -0.1) is 0 Å². The summed E-state index contributed by atoms with van der Waals surface area (Å²) in [7, 11) is 0. The fraction of sp³-hybridized carbons (Fsp3) is 0.0385. The summed E-state index contributed by atoms with van der Waals surface area (Å²) in [6, 6.07) is 30.6. The minimum absolute atomic E-state index is 0.0538. The Hall–Kier alpha value is -3.60. The first-order chi connectivity index (χ1) is 17.0. The normalized spacial score (nSPS) is 14.3. The summed E-state index contributed by atoms with van der Waals surface area (Å²) in [6.45, 7) is 0. The Morgan fingerprint density at radius 1 is 0.771 bits per heavy atom. The molecule has 0 aliphatic rings. The fourth-order valence-electron chi connectivity index (χ4n) is 3.85. The van der Waals surface area contributed by atoms with Crippen LogP contribution in [0.15, 0.2) is 108 Å². The van der Waals surface area contributed by atoms with Crippen molar-refractivity contribution in [2.75, 3.05) is 5.43 Å². The van der Waals surface area contributed by atoms with Crippen molar-refractivity contribution in [3.63, 3.8) is 0 Å². The molecular weight excluding hydrogens is 468 g/mol. The van der Waals surface area contributed by atoms with Crippen LogP contribution >= 0.6 is 11.6 Å². The minimum atomic E-state index is -1.30. The molecule has 3 atom stereocenters.